The van der Waals surface area contributed by atoms with Crippen molar-refractivity contribution >= 4 is 10.0 Å². The van der Waals surface area contributed by atoms with E-state index in [1.54, 1.807) is 0 Å². The number of rotatable bonds is 7. The summed E-state index contributed by atoms with van der Waals surface area (Å²) in [7, 11) is -4.20. The molecule has 136 valence electrons. The summed E-state index contributed by atoms with van der Waals surface area (Å²) in [6.07, 6.45) is 1.48. The fraction of sp³-hybridized carbons (Fsp3) is 0.625. The van der Waals surface area contributed by atoms with Crippen molar-refractivity contribution in [1.29, 1.82) is 0 Å². The lowest BCUT2D eigenvalue weighted by atomic mass is 9.98. The fourth-order valence-corrected chi connectivity index (χ4v) is 4.07. The Hall–Kier alpha value is -1.12. The van der Waals surface area contributed by atoms with Gasteiger partial charge in [-0.3, -0.25) is 0 Å². The SMILES string of the molecule is O=S(=O)(NCCCOC1CCCCC1)c1ccccc1C(F)(F)F. The van der Waals surface area contributed by atoms with Crippen LogP contribution in [0.3, 0.4) is 0 Å². The number of hydrogen-bond donors (Lipinski definition) is 1. The van der Waals surface area contributed by atoms with Crippen LogP contribution in [0.5, 0.6) is 0 Å². The van der Waals surface area contributed by atoms with Crippen LogP contribution in [0.25, 0.3) is 0 Å². The molecule has 24 heavy (non-hydrogen) atoms. The summed E-state index contributed by atoms with van der Waals surface area (Å²) < 4.78 is 70.9. The van der Waals surface area contributed by atoms with Gasteiger partial charge in [-0.1, -0.05) is 31.4 Å². The van der Waals surface area contributed by atoms with Crippen molar-refractivity contribution in [3.8, 4) is 0 Å². The van der Waals surface area contributed by atoms with Gasteiger partial charge >= 0.3 is 6.18 Å². The molecule has 0 spiro atoms. The zero-order chi connectivity index (χ0) is 17.6. The highest BCUT2D eigenvalue weighted by molar-refractivity contribution is 7.89. The molecular formula is C16H22F3NO3S. The summed E-state index contributed by atoms with van der Waals surface area (Å²) in [5.41, 5.74) is -1.16. The topological polar surface area (TPSA) is 55.4 Å². The summed E-state index contributed by atoms with van der Waals surface area (Å²) >= 11 is 0. The van der Waals surface area contributed by atoms with E-state index in [2.05, 4.69) is 4.72 Å². The molecule has 1 aromatic carbocycles. The third-order valence-corrected chi connectivity index (χ3v) is 5.52. The van der Waals surface area contributed by atoms with Gasteiger partial charge in [-0.25, -0.2) is 13.1 Å². The zero-order valence-electron chi connectivity index (χ0n) is 13.3. The third kappa shape index (κ3) is 5.46. The highest BCUT2D eigenvalue weighted by Crippen LogP contribution is 2.33. The summed E-state index contributed by atoms with van der Waals surface area (Å²) in [5, 5.41) is 0. The van der Waals surface area contributed by atoms with Gasteiger partial charge < -0.3 is 4.74 Å². The molecule has 0 aliphatic heterocycles. The Kier molecular flexibility index (Phi) is 6.65. The minimum atomic E-state index is -4.71. The van der Waals surface area contributed by atoms with Gasteiger partial charge in [0.25, 0.3) is 0 Å². The minimum absolute atomic E-state index is 0.0429. The second-order valence-electron chi connectivity index (χ2n) is 5.88. The van der Waals surface area contributed by atoms with E-state index in [9.17, 15) is 21.6 Å². The zero-order valence-corrected chi connectivity index (χ0v) is 14.1. The third-order valence-electron chi connectivity index (χ3n) is 4.00. The largest absolute Gasteiger partial charge is 0.417 e. The lowest BCUT2D eigenvalue weighted by molar-refractivity contribution is -0.139. The van der Waals surface area contributed by atoms with Crippen LogP contribution in [0.15, 0.2) is 29.2 Å². The maximum Gasteiger partial charge on any atom is 0.417 e. The van der Waals surface area contributed by atoms with E-state index in [1.807, 2.05) is 0 Å². The molecule has 0 unspecified atom stereocenters. The number of benzene rings is 1. The molecule has 1 aliphatic carbocycles. The Bertz CT molecular complexity index is 626. The summed E-state index contributed by atoms with van der Waals surface area (Å²) in [6.45, 7) is 0.440. The van der Waals surface area contributed by atoms with Crippen LogP contribution >= 0.6 is 0 Å². The monoisotopic (exact) mass is 365 g/mol. The fourth-order valence-electron chi connectivity index (χ4n) is 2.77. The number of hydrogen-bond acceptors (Lipinski definition) is 3. The van der Waals surface area contributed by atoms with E-state index >= 15 is 0 Å². The van der Waals surface area contributed by atoms with Crippen LogP contribution in [-0.4, -0.2) is 27.7 Å². The second-order valence-corrected chi connectivity index (χ2v) is 7.61. The van der Waals surface area contributed by atoms with Crippen molar-refractivity contribution in [2.75, 3.05) is 13.2 Å². The average Bonchev–Trinajstić information content (AvgIpc) is 2.55. The van der Waals surface area contributed by atoms with Crippen molar-refractivity contribution in [2.24, 2.45) is 0 Å². The summed E-state index contributed by atoms with van der Waals surface area (Å²) in [4.78, 5) is -0.745. The van der Waals surface area contributed by atoms with Crippen LogP contribution in [0.1, 0.15) is 44.1 Å². The number of ether oxygens (including phenoxy) is 1. The van der Waals surface area contributed by atoms with Gasteiger partial charge in [-0.2, -0.15) is 13.2 Å². The Morgan fingerprint density at radius 1 is 1.12 bits per heavy atom. The Labute approximate surface area is 140 Å². The van der Waals surface area contributed by atoms with Crippen LogP contribution < -0.4 is 4.72 Å². The second kappa shape index (κ2) is 8.31. The van der Waals surface area contributed by atoms with Crippen LogP contribution in [0.4, 0.5) is 13.2 Å². The van der Waals surface area contributed by atoms with E-state index in [-0.39, 0.29) is 12.6 Å². The lowest BCUT2D eigenvalue weighted by Gasteiger charge is -2.22. The summed E-state index contributed by atoms with van der Waals surface area (Å²) in [5.74, 6) is 0. The molecule has 1 fully saturated rings. The van der Waals surface area contributed by atoms with E-state index in [1.165, 1.54) is 18.6 Å². The Balaban J connectivity index is 1.85. The predicted molar refractivity (Wildman–Crippen MR) is 84.1 cm³/mol. The standard InChI is InChI=1S/C16H22F3NO3S/c17-16(18,19)14-9-4-5-10-15(14)24(21,22)20-11-6-12-23-13-7-2-1-3-8-13/h4-5,9-10,13,20H,1-3,6-8,11-12H2. The van der Waals surface area contributed by atoms with Crippen molar-refractivity contribution < 1.29 is 26.3 Å². The lowest BCUT2D eigenvalue weighted by Crippen LogP contribution is -2.28. The molecular weight excluding hydrogens is 343 g/mol. The maximum absolute atomic E-state index is 12.9. The first-order valence-corrected chi connectivity index (χ1v) is 9.56. The highest BCUT2D eigenvalue weighted by atomic mass is 32.2. The smallest absolute Gasteiger partial charge is 0.378 e. The van der Waals surface area contributed by atoms with Crippen molar-refractivity contribution in [2.45, 2.75) is 55.7 Å². The van der Waals surface area contributed by atoms with E-state index in [0.717, 1.165) is 37.8 Å². The van der Waals surface area contributed by atoms with Gasteiger partial charge in [0, 0.05) is 13.2 Å². The molecule has 1 saturated carbocycles. The van der Waals surface area contributed by atoms with E-state index in [0.29, 0.717) is 13.0 Å². The molecule has 0 bridgehead atoms. The molecule has 1 N–H and O–H groups in total. The highest BCUT2D eigenvalue weighted by Gasteiger charge is 2.36. The van der Waals surface area contributed by atoms with Crippen LogP contribution in [0, 0.1) is 0 Å². The maximum atomic E-state index is 12.9. The molecule has 0 amide bonds. The number of alkyl halides is 3. The van der Waals surface area contributed by atoms with Gasteiger partial charge in [-0.05, 0) is 31.4 Å². The van der Waals surface area contributed by atoms with Gasteiger partial charge in [0.15, 0.2) is 0 Å². The van der Waals surface area contributed by atoms with E-state index < -0.39 is 26.7 Å². The predicted octanol–water partition coefficient (Wildman–Crippen LogP) is 3.72. The first kappa shape index (κ1) is 19.2. The molecule has 0 atom stereocenters. The van der Waals surface area contributed by atoms with Gasteiger partial charge in [0.1, 0.15) is 0 Å². The first-order valence-electron chi connectivity index (χ1n) is 8.08. The quantitative estimate of drug-likeness (QED) is 0.749. The molecule has 1 aromatic rings. The van der Waals surface area contributed by atoms with Gasteiger partial charge in [0.05, 0.1) is 16.6 Å². The van der Waals surface area contributed by atoms with Crippen molar-refractivity contribution in [3.63, 3.8) is 0 Å². The molecule has 0 saturated heterocycles. The number of sulfonamides is 1. The molecule has 0 aromatic heterocycles. The van der Waals surface area contributed by atoms with E-state index in [4.69, 9.17) is 4.74 Å². The molecule has 8 heteroatoms. The Morgan fingerprint density at radius 2 is 1.79 bits per heavy atom. The molecule has 0 heterocycles. The van der Waals surface area contributed by atoms with Crippen molar-refractivity contribution in [1.82, 2.24) is 4.72 Å². The van der Waals surface area contributed by atoms with Crippen molar-refractivity contribution in [3.05, 3.63) is 29.8 Å². The normalized spacial score (nSPS) is 17.1. The van der Waals surface area contributed by atoms with Crippen LogP contribution in [-0.2, 0) is 20.9 Å². The number of nitrogens with one attached hydrogen (secondary N) is 1. The molecule has 2 rings (SSSR count). The van der Waals surface area contributed by atoms with Gasteiger partial charge in [0.2, 0.25) is 10.0 Å². The molecule has 4 nitrogen and oxygen atoms in total. The molecule has 1 aliphatic rings. The Morgan fingerprint density at radius 3 is 2.46 bits per heavy atom. The molecule has 0 radical (unpaired) electrons. The number of halogens is 3. The summed E-state index contributed by atoms with van der Waals surface area (Å²) in [6, 6.07) is 4.17. The minimum Gasteiger partial charge on any atom is -0.378 e. The van der Waals surface area contributed by atoms with Gasteiger partial charge in [-0.15, -0.1) is 0 Å². The van der Waals surface area contributed by atoms with Crippen LogP contribution in [0.2, 0.25) is 0 Å². The first-order chi connectivity index (χ1) is 11.3. The average molecular weight is 365 g/mol.